The largest absolute Gasteiger partial charge is 0.356 e. The van der Waals surface area contributed by atoms with Crippen LogP contribution in [0.5, 0.6) is 0 Å². The predicted molar refractivity (Wildman–Crippen MR) is 66.6 cm³/mol. The van der Waals surface area contributed by atoms with Gasteiger partial charge >= 0.3 is 0 Å². The van der Waals surface area contributed by atoms with Gasteiger partial charge in [0.15, 0.2) is 0 Å². The number of nitrogens with zero attached hydrogens (tertiary/aromatic N) is 3. The molecule has 2 saturated carbocycles. The number of anilines is 1. The molecule has 3 heteroatoms. The summed E-state index contributed by atoms with van der Waals surface area (Å²) in [6.45, 7) is 2.30. The second kappa shape index (κ2) is 4.37. The lowest BCUT2D eigenvalue weighted by Gasteiger charge is -2.23. The minimum atomic E-state index is 0.645. The van der Waals surface area contributed by atoms with Crippen molar-refractivity contribution in [3.8, 4) is 6.07 Å². The van der Waals surface area contributed by atoms with E-state index in [9.17, 15) is 0 Å². The summed E-state index contributed by atoms with van der Waals surface area (Å²) in [7, 11) is 0. The van der Waals surface area contributed by atoms with Crippen molar-refractivity contribution in [2.45, 2.75) is 25.7 Å². The smallest absolute Gasteiger partial charge is 0.128 e. The molecule has 0 unspecified atom stereocenters. The fourth-order valence-corrected chi connectivity index (χ4v) is 2.13. The molecule has 0 amide bonds. The molecule has 1 aromatic heterocycles. The monoisotopic (exact) mass is 227 g/mol. The zero-order chi connectivity index (χ0) is 11.7. The highest BCUT2D eigenvalue weighted by Crippen LogP contribution is 2.35. The van der Waals surface area contributed by atoms with E-state index in [1.807, 2.05) is 12.1 Å². The Labute approximate surface area is 102 Å². The van der Waals surface area contributed by atoms with E-state index in [1.54, 1.807) is 6.20 Å². The Morgan fingerprint density at radius 1 is 1.18 bits per heavy atom. The van der Waals surface area contributed by atoms with Gasteiger partial charge in [0.05, 0.1) is 5.56 Å². The number of aromatic nitrogens is 1. The molecule has 3 nitrogen and oxygen atoms in total. The van der Waals surface area contributed by atoms with E-state index in [4.69, 9.17) is 5.26 Å². The maximum atomic E-state index is 8.77. The number of hydrogen-bond donors (Lipinski definition) is 0. The van der Waals surface area contributed by atoms with Crippen molar-refractivity contribution in [3.05, 3.63) is 23.9 Å². The molecule has 3 rings (SSSR count). The van der Waals surface area contributed by atoms with Gasteiger partial charge in [0.2, 0.25) is 0 Å². The fourth-order valence-electron chi connectivity index (χ4n) is 2.13. The first kappa shape index (κ1) is 10.6. The molecule has 17 heavy (non-hydrogen) atoms. The van der Waals surface area contributed by atoms with E-state index in [2.05, 4.69) is 16.0 Å². The molecule has 0 aliphatic heterocycles. The summed E-state index contributed by atoms with van der Waals surface area (Å²) in [5, 5.41) is 8.77. The zero-order valence-corrected chi connectivity index (χ0v) is 9.97. The van der Waals surface area contributed by atoms with Crippen LogP contribution >= 0.6 is 0 Å². The maximum Gasteiger partial charge on any atom is 0.128 e. The number of rotatable bonds is 5. The molecule has 1 aromatic rings. The summed E-state index contributed by atoms with van der Waals surface area (Å²) in [6, 6.07) is 5.98. The Bertz CT molecular complexity index is 410. The zero-order valence-electron chi connectivity index (χ0n) is 9.97. The quantitative estimate of drug-likeness (QED) is 0.776. The average Bonchev–Trinajstić information content (AvgIpc) is 3.23. The third-order valence-corrected chi connectivity index (χ3v) is 3.55. The molecule has 2 aliphatic rings. The number of pyridine rings is 1. The molecule has 0 aromatic carbocycles. The van der Waals surface area contributed by atoms with Crippen molar-refractivity contribution in [1.82, 2.24) is 4.98 Å². The van der Waals surface area contributed by atoms with Crippen LogP contribution in [0.3, 0.4) is 0 Å². The van der Waals surface area contributed by atoms with Crippen molar-refractivity contribution in [3.63, 3.8) is 0 Å². The molecule has 0 saturated heterocycles. The van der Waals surface area contributed by atoms with E-state index >= 15 is 0 Å². The van der Waals surface area contributed by atoms with Crippen LogP contribution < -0.4 is 4.90 Å². The highest BCUT2D eigenvalue weighted by molar-refractivity contribution is 5.42. The average molecular weight is 227 g/mol. The predicted octanol–water partition coefficient (Wildman–Crippen LogP) is 2.58. The van der Waals surface area contributed by atoms with Gasteiger partial charge in [-0.25, -0.2) is 4.98 Å². The van der Waals surface area contributed by atoms with Gasteiger partial charge in [-0.05, 0) is 49.7 Å². The van der Waals surface area contributed by atoms with E-state index in [0.29, 0.717) is 5.56 Å². The Morgan fingerprint density at radius 3 is 2.24 bits per heavy atom. The highest BCUT2D eigenvalue weighted by Gasteiger charge is 2.29. The third kappa shape index (κ3) is 2.76. The van der Waals surface area contributed by atoms with E-state index in [1.165, 1.54) is 25.7 Å². The van der Waals surface area contributed by atoms with E-state index in [-0.39, 0.29) is 0 Å². The molecular formula is C14H17N3. The van der Waals surface area contributed by atoms with Gasteiger partial charge in [-0.3, -0.25) is 0 Å². The highest BCUT2D eigenvalue weighted by atomic mass is 15.2. The van der Waals surface area contributed by atoms with E-state index < -0.39 is 0 Å². The fraction of sp³-hybridized carbons (Fsp3) is 0.571. The van der Waals surface area contributed by atoms with Crippen molar-refractivity contribution in [1.29, 1.82) is 5.26 Å². The van der Waals surface area contributed by atoms with Crippen LogP contribution in [-0.4, -0.2) is 18.1 Å². The first-order chi connectivity index (χ1) is 8.35. The van der Waals surface area contributed by atoms with Gasteiger partial charge in [-0.1, -0.05) is 0 Å². The van der Waals surface area contributed by atoms with Gasteiger partial charge in [0.25, 0.3) is 0 Å². The molecule has 0 bridgehead atoms. The second-order valence-electron chi connectivity index (χ2n) is 5.31. The molecule has 1 heterocycles. The molecule has 0 atom stereocenters. The molecule has 0 N–H and O–H groups in total. The number of nitriles is 1. The van der Waals surface area contributed by atoms with Crippen molar-refractivity contribution < 1.29 is 0 Å². The Balaban J connectivity index is 1.72. The van der Waals surface area contributed by atoms with Crippen LogP contribution in [-0.2, 0) is 0 Å². The molecule has 0 radical (unpaired) electrons. The van der Waals surface area contributed by atoms with Gasteiger partial charge in [-0.15, -0.1) is 0 Å². The lowest BCUT2D eigenvalue weighted by molar-refractivity contribution is 0.671. The van der Waals surface area contributed by atoms with E-state index in [0.717, 1.165) is 30.7 Å². The van der Waals surface area contributed by atoms with Crippen molar-refractivity contribution >= 4 is 5.82 Å². The topological polar surface area (TPSA) is 39.9 Å². The summed E-state index contributed by atoms with van der Waals surface area (Å²) < 4.78 is 0. The molecule has 0 spiro atoms. The lowest BCUT2D eigenvalue weighted by atomic mass is 10.2. The maximum absolute atomic E-state index is 8.77. The minimum Gasteiger partial charge on any atom is -0.356 e. The summed E-state index contributed by atoms with van der Waals surface area (Å²) in [5.74, 6) is 2.81. The van der Waals surface area contributed by atoms with Gasteiger partial charge in [0.1, 0.15) is 11.9 Å². The Hall–Kier alpha value is -1.56. The Kier molecular flexibility index (Phi) is 2.72. The minimum absolute atomic E-state index is 0.645. The lowest BCUT2D eigenvalue weighted by Crippen LogP contribution is -2.28. The van der Waals surface area contributed by atoms with Crippen molar-refractivity contribution in [2.24, 2.45) is 11.8 Å². The van der Waals surface area contributed by atoms with Crippen molar-refractivity contribution in [2.75, 3.05) is 18.0 Å². The van der Waals surface area contributed by atoms with Crippen LogP contribution in [0.4, 0.5) is 5.82 Å². The van der Waals surface area contributed by atoms with Gasteiger partial charge in [0, 0.05) is 19.3 Å². The molecule has 88 valence electrons. The summed E-state index contributed by atoms with van der Waals surface area (Å²) in [6.07, 6.45) is 7.17. The van der Waals surface area contributed by atoms with Crippen LogP contribution in [0.25, 0.3) is 0 Å². The molecular weight excluding hydrogens is 210 g/mol. The van der Waals surface area contributed by atoms with Crippen LogP contribution in [0.15, 0.2) is 18.3 Å². The Morgan fingerprint density at radius 2 is 1.82 bits per heavy atom. The normalized spacial score (nSPS) is 18.8. The van der Waals surface area contributed by atoms with Crippen LogP contribution in [0.2, 0.25) is 0 Å². The van der Waals surface area contributed by atoms with Crippen LogP contribution in [0.1, 0.15) is 31.2 Å². The first-order valence-electron chi connectivity index (χ1n) is 6.46. The first-order valence-corrected chi connectivity index (χ1v) is 6.46. The SMILES string of the molecule is N#Cc1ccc(N(CC2CC2)CC2CC2)nc1. The third-order valence-electron chi connectivity index (χ3n) is 3.55. The summed E-state index contributed by atoms with van der Waals surface area (Å²) >= 11 is 0. The molecule has 2 fully saturated rings. The summed E-state index contributed by atoms with van der Waals surface area (Å²) in [5.41, 5.74) is 0.645. The van der Waals surface area contributed by atoms with Gasteiger partial charge < -0.3 is 4.90 Å². The summed E-state index contributed by atoms with van der Waals surface area (Å²) in [4.78, 5) is 6.83. The van der Waals surface area contributed by atoms with Crippen LogP contribution in [0, 0.1) is 23.2 Å². The second-order valence-corrected chi connectivity index (χ2v) is 5.31. The number of hydrogen-bond acceptors (Lipinski definition) is 3. The standard InChI is InChI=1S/C14H17N3/c15-7-13-5-6-14(16-8-13)17(9-11-1-2-11)10-12-3-4-12/h5-6,8,11-12H,1-4,9-10H2. The van der Waals surface area contributed by atoms with Gasteiger partial charge in [-0.2, -0.15) is 5.26 Å². The molecule has 2 aliphatic carbocycles.